The lowest BCUT2D eigenvalue weighted by Crippen LogP contribution is -2.35. The van der Waals surface area contributed by atoms with Crippen molar-refractivity contribution in [3.63, 3.8) is 0 Å². The van der Waals surface area contributed by atoms with E-state index in [0.29, 0.717) is 22.6 Å². The first-order valence-electron chi connectivity index (χ1n) is 10.2. The number of anilines is 1. The Hall–Kier alpha value is -4.07. The molecule has 0 fully saturated rings. The Morgan fingerprint density at radius 2 is 1.61 bits per heavy atom. The van der Waals surface area contributed by atoms with Gasteiger partial charge in [0.2, 0.25) is 0 Å². The van der Waals surface area contributed by atoms with Gasteiger partial charge in [0.15, 0.2) is 6.61 Å². The molecule has 0 aliphatic heterocycles. The maximum Gasteiger partial charge on any atom is 0.339 e. The number of para-hydroxylation sites is 1. The summed E-state index contributed by atoms with van der Waals surface area (Å²) in [6.45, 7) is -0.207. The van der Waals surface area contributed by atoms with Gasteiger partial charge in [0.05, 0.1) is 29.7 Å². The first-order valence-corrected chi connectivity index (χ1v) is 11.2. The van der Waals surface area contributed by atoms with E-state index in [1.54, 1.807) is 48.5 Å². The molecule has 164 valence electrons. The summed E-state index contributed by atoms with van der Waals surface area (Å²) in [5, 5.41) is 17.8. The van der Waals surface area contributed by atoms with E-state index in [-0.39, 0.29) is 13.0 Å². The molecule has 1 amide bonds. The zero-order chi connectivity index (χ0) is 23.5. The molecule has 0 bridgehead atoms. The van der Waals surface area contributed by atoms with Crippen LogP contribution in [0.5, 0.6) is 0 Å². The molecule has 3 aromatic carbocycles. The van der Waals surface area contributed by atoms with Crippen molar-refractivity contribution in [2.45, 2.75) is 17.1 Å². The number of rotatable bonds is 9. The second-order valence-electron chi connectivity index (χ2n) is 6.96. The number of amides is 1. The zero-order valence-electron chi connectivity index (χ0n) is 17.8. The topological polar surface area (TPSA) is 94.2 Å². The number of benzene rings is 3. The quantitative estimate of drug-likeness (QED) is 0.335. The van der Waals surface area contributed by atoms with E-state index in [0.717, 1.165) is 10.5 Å². The smallest absolute Gasteiger partial charge is 0.339 e. The third-order valence-electron chi connectivity index (χ3n) is 4.73. The molecule has 0 unspecified atom stereocenters. The van der Waals surface area contributed by atoms with Crippen molar-refractivity contribution in [1.29, 1.82) is 10.5 Å². The number of thioether (sulfide) groups is 1. The van der Waals surface area contributed by atoms with Gasteiger partial charge in [-0.2, -0.15) is 10.5 Å². The molecule has 0 saturated carbocycles. The fraction of sp³-hybridized carbons (Fsp3) is 0.154. The summed E-state index contributed by atoms with van der Waals surface area (Å²) < 4.78 is 5.33. The third kappa shape index (κ3) is 6.70. The number of hydrogen-bond acceptors (Lipinski definition) is 6. The average Bonchev–Trinajstić information content (AvgIpc) is 2.87. The van der Waals surface area contributed by atoms with Gasteiger partial charge in [0.25, 0.3) is 5.91 Å². The van der Waals surface area contributed by atoms with Gasteiger partial charge < -0.3 is 9.64 Å². The normalized spacial score (nSPS) is 10.0. The van der Waals surface area contributed by atoms with Gasteiger partial charge >= 0.3 is 5.97 Å². The summed E-state index contributed by atoms with van der Waals surface area (Å²) in [4.78, 5) is 27.7. The molecule has 0 aliphatic rings. The molecule has 0 saturated heterocycles. The highest BCUT2D eigenvalue weighted by atomic mass is 32.2. The van der Waals surface area contributed by atoms with Crippen LogP contribution in [0.3, 0.4) is 0 Å². The van der Waals surface area contributed by atoms with Gasteiger partial charge in [-0.15, -0.1) is 11.8 Å². The van der Waals surface area contributed by atoms with Crippen molar-refractivity contribution < 1.29 is 14.3 Å². The molecule has 3 rings (SSSR count). The summed E-state index contributed by atoms with van der Waals surface area (Å²) >= 11 is 1.48. The Kier molecular flexibility index (Phi) is 8.64. The minimum atomic E-state index is -0.584. The van der Waals surface area contributed by atoms with Crippen LogP contribution >= 0.6 is 11.8 Å². The molecule has 0 radical (unpaired) electrons. The van der Waals surface area contributed by atoms with Crippen LogP contribution in [0.4, 0.5) is 5.69 Å². The molecule has 0 heterocycles. The van der Waals surface area contributed by atoms with Crippen LogP contribution in [0, 0.1) is 22.7 Å². The van der Waals surface area contributed by atoms with Crippen LogP contribution in [0.15, 0.2) is 83.8 Å². The van der Waals surface area contributed by atoms with E-state index < -0.39 is 18.5 Å². The fourth-order valence-corrected chi connectivity index (χ4v) is 4.04. The summed E-state index contributed by atoms with van der Waals surface area (Å²) in [5.41, 5.74) is 2.64. The number of carbonyl (C=O) groups excluding carboxylic acids is 2. The Morgan fingerprint density at radius 1 is 0.909 bits per heavy atom. The molecule has 0 atom stereocenters. The van der Waals surface area contributed by atoms with E-state index in [1.165, 1.54) is 16.7 Å². The highest BCUT2D eigenvalue weighted by molar-refractivity contribution is 7.98. The van der Waals surface area contributed by atoms with Crippen LogP contribution < -0.4 is 4.90 Å². The SMILES string of the molecule is N#CCCN(C(=O)COC(=O)c1ccccc1SCc1ccc(C#N)cc1)c1ccccc1. The molecular formula is C26H21N3O3S. The van der Waals surface area contributed by atoms with Gasteiger partial charge in [-0.05, 0) is 42.0 Å². The second-order valence-corrected chi connectivity index (χ2v) is 7.98. The van der Waals surface area contributed by atoms with Crippen LogP contribution in [-0.4, -0.2) is 25.0 Å². The number of carbonyl (C=O) groups is 2. The molecular weight excluding hydrogens is 434 g/mol. The Labute approximate surface area is 197 Å². The lowest BCUT2D eigenvalue weighted by molar-refractivity contribution is -0.121. The number of hydrogen-bond donors (Lipinski definition) is 0. The van der Waals surface area contributed by atoms with Crippen LogP contribution in [-0.2, 0) is 15.3 Å². The standard InChI is InChI=1S/C26H21N3O3S/c27-15-6-16-29(22-7-2-1-3-8-22)25(30)18-32-26(31)23-9-4-5-10-24(23)33-19-21-13-11-20(17-28)12-14-21/h1-5,7-14H,6,16,18-19H2. The highest BCUT2D eigenvalue weighted by Gasteiger charge is 2.19. The Bertz CT molecular complexity index is 1180. The van der Waals surface area contributed by atoms with Gasteiger partial charge in [-0.25, -0.2) is 4.79 Å². The summed E-state index contributed by atoms with van der Waals surface area (Å²) in [6.07, 6.45) is 0.170. The van der Waals surface area contributed by atoms with E-state index in [9.17, 15) is 9.59 Å². The number of nitrogens with zero attached hydrogens (tertiary/aromatic N) is 3. The molecule has 0 N–H and O–H groups in total. The van der Waals surface area contributed by atoms with Gasteiger partial charge in [-0.1, -0.05) is 42.5 Å². The van der Waals surface area contributed by atoms with Crippen molar-refractivity contribution in [3.05, 3.63) is 95.6 Å². The summed E-state index contributed by atoms with van der Waals surface area (Å²) in [5.74, 6) is -0.364. The predicted molar refractivity (Wildman–Crippen MR) is 126 cm³/mol. The van der Waals surface area contributed by atoms with Crippen molar-refractivity contribution in [3.8, 4) is 12.1 Å². The number of esters is 1. The minimum Gasteiger partial charge on any atom is -0.452 e. The van der Waals surface area contributed by atoms with E-state index >= 15 is 0 Å². The average molecular weight is 456 g/mol. The van der Waals surface area contributed by atoms with Crippen molar-refractivity contribution in [2.24, 2.45) is 0 Å². The van der Waals surface area contributed by atoms with Gasteiger partial charge in [0.1, 0.15) is 0 Å². The van der Waals surface area contributed by atoms with Crippen molar-refractivity contribution >= 4 is 29.3 Å². The summed E-state index contributed by atoms with van der Waals surface area (Å²) in [7, 11) is 0. The number of ether oxygens (including phenoxy) is 1. The highest BCUT2D eigenvalue weighted by Crippen LogP contribution is 2.27. The molecule has 0 aromatic heterocycles. The lowest BCUT2D eigenvalue weighted by atomic mass is 10.2. The Balaban J connectivity index is 1.64. The van der Waals surface area contributed by atoms with Crippen molar-refractivity contribution in [2.75, 3.05) is 18.1 Å². The van der Waals surface area contributed by atoms with E-state index in [2.05, 4.69) is 6.07 Å². The van der Waals surface area contributed by atoms with Crippen LogP contribution in [0.1, 0.15) is 27.9 Å². The third-order valence-corrected chi connectivity index (χ3v) is 5.87. The van der Waals surface area contributed by atoms with Crippen LogP contribution in [0.2, 0.25) is 0 Å². The van der Waals surface area contributed by atoms with Gasteiger partial charge in [0, 0.05) is 22.9 Å². The first-order chi connectivity index (χ1) is 16.1. The largest absolute Gasteiger partial charge is 0.452 e. The molecule has 6 nitrogen and oxygen atoms in total. The second kappa shape index (κ2) is 12.1. The maximum absolute atomic E-state index is 12.7. The van der Waals surface area contributed by atoms with E-state index in [1.807, 2.05) is 36.4 Å². The molecule has 0 spiro atoms. The maximum atomic E-state index is 12.7. The molecule has 33 heavy (non-hydrogen) atoms. The number of nitriles is 2. The van der Waals surface area contributed by atoms with Crippen LogP contribution in [0.25, 0.3) is 0 Å². The first kappa shape index (κ1) is 23.6. The Morgan fingerprint density at radius 3 is 2.30 bits per heavy atom. The molecule has 0 aliphatic carbocycles. The molecule has 7 heteroatoms. The molecule has 3 aromatic rings. The van der Waals surface area contributed by atoms with E-state index in [4.69, 9.17) is 15.3 Å². The fourth-order valence-electron chi connectivity index (χ4n) is 3.05. The monoisotopic (exact) mass is 455 g/mol. The lowest BCUT2D eigenvalue weighted by Gasteiger charge is -2.21. The minimum absolute atomic E-state index is 0.170. The van der Waals surface area contributed by atoms with Crippen molar-refractivity contribution in [1.82, 2.24) is 0 Å². The van der Waals surface area contributed by atoms with Gasteiger partial charge in [-0.3, -0.25) is 4.79 Å². The summed E-state index contributed by atoms with van der Waals surface area (Å²) in [6, 6.07) is 27.4. The zero-order valence-corrected chi connectivity index (χ0v) is 18.6. The predicted octanol–water partition coefficient (Wildman–Crippen LogP) is 4.95.